The minimum atomic E-state index is -3.93. The number of ether oxygens (including phenoxy) is 1. The molecule has 5 unspecified atom stereocenters. The van der Waals surface area contributed by atoms with E-state index < -0.39 is 55.4 Å². The van der Waals surface area contributed by atoms with Crippen molar-refractivity contribution in [2.24, 2.45) is 7.05 Å². The smallest absolute Gasteiger partial charge is 0.376 e. The van der Waals surface area contributed by atoms with E-state index in [1.54, 1.807) is 23.7 Å². The van der Waals surface area contributed by atoms with Crippen LogP contribution in [0.15, 0.2) is 40.1 Å². The summed E-state index contributed by atoms with van der Waals surface area (Å²) in [5, 5.41) is 10.7. The van der Waals surface area contributed by atoms with Gasteiger partial charge in [0.15, 0.2) is 23.5 Å². The van der Waals surface area contributed by atoms with Gasteiger partial charge in [0.05, 0.1) is 12.1 Å². The highest BCUT2D eigenvalue weighted by Gasteiger charge is 2.55. The van der Waals surface area contributed by atoms with E-state index >= 15 is 4.39 Å². The first-order valence-corrected chi connectivity index (χ1v) is 12.3. The predicted octanol–water partition coefficient (Wildman–Crippen LogP) is 2.38. The molecule has 1 saturated heterocycles. The predicted molar refractivity (Wildman–Crippen MR) is 118 cm³/mol. The molecule has 1 aromatic carbocycles. The van der Waals surface area contributed by atoms with E-state index in [1.165, 1.54) is 6.07 Å². The van der Waals surface area contributed by atoms with E-state index in [1.807, 2.05) is 11.9 Å². The maximum Gasteiger partial charge on any atom is 0.376 e. The number of halogens is 2. The lowest BCUT2D eigenvalue weighted by atomic mass is 9.98. The largest absolute Gasteiger partial charge is 0.421 e. The van der Waals surface area contributed by atoms with Crippen molar-refractivity contribution in [1.29, 1.82) is 0 Å². The van der Waals surface area contributed by atoms with Crippen LogP contribution in [0.25, 0.3) is 10.9 Å². The summed E-state index contributed by atoms with van der Waals surface area (Å²) in [5.41, 5.74) is -2.61. The summed E-state index contributed by atoms with van der Waals surface area (Å²) >= 11 is 0. The van der Waals surface area contributed by atoms with Crippen LogP contribution in [0.3, 0.4) is 0 Å². The molecule has 0 saturated carbocycles. The van der Waals surface area contributed by atoms with Crippen molar-refractivity contribution in [3.63, 3.8) is 0 Å². The molecule has 3 heterocycles. The van der Waals surface area contributed by atoms with Gasteiger partial charge < -0.3 is 18.9 Å². The molecule has 1 fully saturated rings. The Kier molecular flexibility index (Phi) is 6.05. The van der Waals surface area contributed by atoms with E-state index in [2.05, 4.69) is 0 Å². The van der Waals surface area contributed by atoms with Gasteiger partial charge in [-0.05, 0) is 32.0 Å². The zero-order valence-corrected chi connectivity index (χ0v) is 19.7. The Bertz CT molecular complexity index is 1410. The van der Waals surface area contributed by atoms with Crippen LogP contribution in [0.5, 0.6) is 5.75 Å². The van der Waals surface area contributed by atoms with Crippen molar-refractivity contribution in [3.8, 4) is 5.75 Å². The standard InChI is InChI=1S/C21H24F2N3O7P/c1-11-9-12-13(25(11)3)5-6-14(17(12)22)33-34(4,30)31-10-15-18(28)21(2,23)19(32-15)26-8-7-16(27)24-20(26)29/h5-9,15,18-19,28H,10H2,1-4H3,(H,24,27,29). The molecule has 4 rings (SSSR count). The lowest BCUT2D eigenvalue weighted by molar-refractivity contribution is -0.0590. The van der Waals surface area contributed by atoms with Crippen molar-refractivity contribution in [3.05, 3.63) is 62.8 Å². The summed E-state index contributed by atoms with van der Waals surface area (Å²) < 4.78 is 61.7. The molecule has 184 valence electrons. The lowest BCUT2D eigenvalue weighted by Crippen LogP contribution is -2.43. The maximum absolute atomic E-state index is 15.3. The topological polar surface area (TPSA) is 125 Å². The molecule has 1 aliphatic rings. The molecular formula is C21H24F2N3O7P. The quantitative estimate of drug-likeness (QED) is 0.499. The van der Waals surface area contributed by atoms with Gasteiger partial charge in [-0.25, -0.2) is 18.1 Å². The Morgan fingerprint density at radius 3 is 2.71 bits per heavy atom. The summed E-state index contributed by atoms with van der Waals surface area (Å²) in [5.74, 6) is -0.998. The third-order valence-electron chi connectivity index (χ3n) is 5.92. The van der Waals surface area contributed by atoms with Gasteiger partial charge in [-0.3, -0.25) is 18.9 Å². The second-order valence-electron chi connectivity index (χ2n) is 8.45. The van der Waals surface area contributed by atoms with Crippen LogP contribution in [0.2, 0.25) is 0 Å². The molecule has 2 aromatic heterocycles. The molecule has 13 heteroatoms. The van der Waals surface area contributed by atoms with Gasteiger partial charge in [0.1, 0.15) is 12.2 Å². The highest BCUT2D eigenvalue weighted by Crippen LogP contribution is 2.48. The summed E-state index contributed by atoms with van der Waals surface area (Å²) in [6, 6.07) is 5.58. The van der Waals surface area contributed by atoms with Crippen LogP contribution in [0, 0.1) is 12.7 Å². The number of H-pyrrole nitrogens is 1. The number of nitrogens with zero attached hydrogens (tertiary/aromatic N) is 2. The lowest BCUT2D eigenvalue weighted by Gasteiger charge is -2.24. The monoisotopic (exact) mass is 499 g/mol. The van der Waals surface area contributed by atoms with Gasteiger partial charge in [-0.1, -0.05) is 0 Å². The molecule has 0 spiro atoms. The number of aryl methyl sites for hydroxylation is 2. The number of benzene rings is 1. The number of rotatable bonds is 6. The van der Waals surface area contributed by atoms with Gasteiger partial charge in [0.2, 0.25) is 0 Å². The molecule has 0 radical (unpaired) electrons. The fourth-order valence-electron chi connectivity index (χ4n) is 3.94. The fraction of sp³-hybridized carbons (Fsp3) is 0.429. The number of alkyl halides is 1. The number of nitrogens with one attached hydrogen (secondary N) is 1. The number of hydrogen-bond acceptors (Lipinski definition) is 7. The third-order valence-corrected chi connectivity index (χ3v) is 7.07. The second kappa shape index (κ2) is 8.46. The average Bonchev–Trinajstić information content (AvgIpc) is 3.16. The van der Waals surface area contributed by atoms with Crippen molar-refractivity contribution < 1.29 is 32.2 Å². The summed E-state index contributed by atoms with van der Waals surface area (Å²) in [6.07, 6.45) is -3.65. The molecule has 2 N–H and O–H groups in total. The Hall–Kier alpha value is -2.79. The Balaban J connectivity index is 1.50. The summed E-state index contributed by atoms with van der Waals surface area (Å²) in [4.78, 5) is 25.3. The number of aliphatic hydroxyl groups is 1. The van der Waals surface area contributed by atoms with Crippen molar-refractivity contribution in [2.45, 2.75) is 38.0 Å². The van der Waals surface area contributed by atoms with Crippen molar-refractivity contribution >= 4 is 18.5 Å². The number of fused-ring (bicyclic) bond motifs is 1. The third kappa shape index (κ3) is 4.22. The van der Waals surface area contributed by atoms with Crippen LogP contribution >= 0.6 is 7.60 Å². The van der Waals surface area contributed by atoms with E-state index in [9.17, 15) is 23.7 Å². The number of aromatic nitrogens is 3. The van der Waals surface area contributed by atoms with Crippen molar-refractivity contribution in [2.75, 3.05) is 13.3 Å². The molecule has 1 aliphatic heterocycles. The minimum Gasteiger partial charge on any atom is -0.421 e. The maximum atomic E-state index is 15.3. The highest BCUT2D eigenvalue weighted by atomic mass is 31.2. The molecule has 3 aromatic rings. The van der Waals surface area contributed by atoms with Gasteiger partial charge in [0, 0.05) is 37.1 Å². The van der Waals surface area contributed by atoms with Gasteiger partial charge in [-0.2, -0.15) is 0 Å². The Labute approximate surface area is 192 Å². The molecular weight excluding hydrogens is 475 g/mol. The van der Waals surface area contributed by atoms with E-state index in [0.29, 0.717) is 5.52 Å². The van der Waals surface area contributed by atoms with Gasteiger partial charge in [-0.15, -0.1) is 0 Å². The van der Waals surface area contributed by atoms with Crippen molar-refractivity contribution in [1.82, 2.24) is 14.1 Å². The van der Waals surface area contributed by atoms with Crippen LogP contribution < -0.4 is 15.8 Å². The van der Waals surface area contributed by atoms with E-state index in [-0.39, 0.29) is 11.1 Å². The van der Waals surface area contributed by atoms with Crippen LogP contribution in [0.1, 0.15) is 18.8 Å². The summed E-state index contributed by atoms with van der Waals surface area (Å²) in [6.45, 7) is 3.37. The normalized spacial score (nSPS) is 26.6. The fourth-order valence-corrected chi connectivity index (χ4v) is 4.90. The zero-order valence-electron chi connectivity index (χ0n) is 18.8. The Morgan fingerprint density at radius 2 is 2.03 bits per heavy atom. The zero-order chi connectivity index (χ0) is 25.0. The number of aromatic amines is 1. The minimum absolute atomic E-state index is 0.287. The average molecular weight is 499 g/mol. The molecule has 0 amide bonds. The number of aliphatic hydroxyl groups excluding tert-OH is 1. The summed E-state index contributed by atoms with van der Waals surface area (Å²) in [7, 11) is -2.15. The van der Waals surface area contributed by atoms with Crippen LogP contribution in [-0.4, -0.2) is 50.4 Å². The van der Waals surface area contributed by atoms with Gasteiger partial charge >= 0.3 is 13.3 Å². The SMILES string of the molecule is Cc1cc2c(F)c(OP(C)(=O)OCC3OC(n4ccc(=O)[nH]c4=O)C(C)(F)C3O)ccc2n1C. The molecule has 5 atom stereocenters. The van der Waals surface area contributed by atoms with Crippen LogP contribution in [0.4, 0.5) is 8.78 Å². The van der Waals surface area contributed by atoms with E-state index in [0.717, 1.165) is 36.1 Å². The van der Waals surface area contributed by atoms with Crippen LogP contribution in [-0.2, 0) is 20.9 Å². The number of hydrogen-bond donors (Lipinski definition) is 2. The molecule has 10 nitrogen and oxygen atoms in total. The Morgan fingerprint density at radius 1 is 1.32 bits per heavy atom. The second-order valence-corrected chi connectivity index (χ2v) is 10.4. The first kappa shape index (κ1) is 24.3. The van der Waals surface area contributed by atoms with Gasteiger partial charge in [0.25, 0.3) is 5.56 Å². The first-order valence-electron chi connectivity index (χ1n) is 10.3. The first-order chi connectivity index (χ1) is 15.8. The molecule has 0 aliphatic carbocycles. The van der Waals surface area contributed by atoms with E-state index in [4.69, 9.17) is 13.8 Å². The molecule has 0 bridgehead atoms. The highest BCUT2D eigenvalue weighted by molar-refractivity contribution is 7.53. The molecule has 34 heavy (non-hydrogen) atoms.